The number of hydrogen-bond donors (Lipinski definition) is 0. The summed E-state index contributed by atoms with van der Waals surface area (Å²) in [5, 5.41) is 0. The van der Waals surface area contributed by atoms with E-state index >= 15 is 0 Å². The van der Waals surface area contributed by atoms with Crippen LogP contribution in [0.25, 0.3) is 0 Å². The van der Waals surface area contributed by atoms with E-state index in [1.165, 1.54) is 32.4 Å². The molecule has 0 aliphatic carbocycles. The van der Waals surface area contributed by atoms with Crippen LogP contribution in [0.5, 0.6) is 0 Å². The van der Waals surface area contributed by atoms with E-state index in [2.05, 4.69) is 27.8 Å². The normalized spacial score (nSPS) is 26.9. The molecule has 2 unspecified atom stereocenters. The van der Waals surface area contributed by atoms with Crippen molar-refractivity contribution in [1.29, 1.82) is 0 Å². The summed E-state index contributed by atoms with van der Waals surface area (Å²) in [6.07, 6.45) is 5.22. The SMILES string of the molecule is CC1CCN(CC2CCCN(C(=O)C3CC(=O)N(c4cccc(Br)c4)C3)C2)CC1. The number of halogens is 1. The molecule has 4 rings (SSSR count). The highest BCUT2D eigenvalue weighted by atomic mass is 79.9. The van der Waals surface area contributed by atoms with Gasteiger partial charge in [0, 0.05) is 42.8 Å². The van der Waals surface area contributed by atoms with Crippen molar-refractivity contribution >= 4 is 33.4 Å². The quantitative estimate of drug-likeness (QED) is 0.685. The molecule has 0 spiro atoms. The fraction of sp³-hybridized carbons (Fsp3) is 0.652. The highest BCUT2D eigenvalue weighted by Gasteiger charge is 2.38. The number of anilines is 1. The Bertz CT molecular complexity index is 747. The number of likely N-dealkylation sites (tertiary alicyclic amines) is 2. The van der Waals surface area contributed by atoms with Crippen LogP contribution in [-0.2, 0) is 9.59 Å². The molecule has 5 nitrogen and oxygen atoms in total. The Morgan fingerprint density at radius 2 is 1.93 bits per heavy atom. The van der Waals surface area contributed by atoms with Crippen molar-refractivity contribution < 1.29 is 9.59 Å². The van der Waals surface area contributed by atoms with Gasteiger partial charge >= 0.3 is 0 Å². The van der Waals surface area contributed by atoms with Crippen molar-refractivity contribution in [3.63, 3.8) is 0 Å². The third kappa shape index (κ3) is 5.02. The molecule has 3 aliphatic rings. The maximum Gasteiger partial charge on any atom is 0.228 e. The molecule has 158 valence electrons. The first kappa shape index (κ1) is 20.9. The predicted octanol–water partition coefficient (Wildman–Crippen LogP) is 3.77. The first-order valence-corrected chi connectivity index (χ1v) is 11.9. The van der Waals surface area contributed by atoms with E-state index in [0.717, 1.165) is 42.1 Å². The average Bonchev–Trinajstić information content (AvgIpc) is 3.11. The van der Waals surface area contributed by atoms with Gasteiger partial charge < -0.3 is 14.7 Å². The number of hydrogen-bond acceptors (Lipinski definition) is 3. The van der Waals surface area contributed by atoms with E-state index in [-0.39, 0.29) is 17.7 Å². The lowest BCUT2D eigenvalue weighted by Gasteiger charge is -2.38. The molecule has 1 aromatic rings. The first-order chi connectivity index (χ1) is 14.0. The van der Waals surface area contributed by atoms with Crippen molar-refractivity contribution in [3.8, 4) is 0 Å². The van der Waals surface area contributed by atoms with Crippen LogP contribution in [0.15, 0.2) is 28.7 Å². The summed E-state index contributed by atoms with van der Waals surface area (Å²) < 4.78 is 0.948. The van der Waals surface area contributed by atoms with Crippen molar-refractivity contribution in [2.45, 2.75) is 39.0 Å². The van der Waals surface area contributed by atoms with Gasteiger partial charge in [0.05, 0.1) is 5.92 Å². The Morgan fingerprint density at radius 1 is 1.14 bits per heavy atom. The molecule has 2 atom stereocenters. The van der Waals surface area contributed by atoms with Crippen molar-refractivity contribution in [3.05, 3.63) is 28.7 Å². The lowest BCUT2D eigenvalue weighted by atomic mass is 9.93. The van der Waals surface area contributed by atoms with Crippen molar-refractivity contribution in [1.82, 2.24) is 9.80 Å². The fourth-order valence-corrected chi connectivity index (χ4v) is 5.44. The molecule has 0 bridgehead atoms. The summed E-state index contributed by atoms with van der Waals surface area (Å²) in [5.41, 5.74) is 0.871. The average molecular weight is 462 g/mol. The zero-order chi connectivity index (χ0) is 20.4. The number of carbonyl (C=O) groups is 2. The molecule has 1 aromatic carbocycles. The second-order valence-electron chi connectivity index (χ2n) is 9.16. The molecule has 3 aliphatic heterocycles. The van der Waals surface area contributed by atoms with Gasteiger partial charge in [-0.3, -0.25) is 9.59 Å². The second kappa shape index (κ2) is 9.17. The Balaban J connectivity index is 1.33. The number of carbonyl (C=O) groups excluding carboxylic acids is 2. The third-order valence-electron chi connectivity index (χ3n) is 6.82. The van der Waals surface area contributed by atoms with Gasteiger partial charge in [0.15, 0.2) is 0 Å². The maximum atomic E-state index is 13.2. The molecule has 0 radical (unpaired) electrons. The van der Waals surface area contributed by atoms with Crippen LogP contribution in [0.4, 0.5) is 5.69 Å². The zero-order valence-electron chi connectivity index (χ0n) is 17.4. The smallest absolute Gasteiger partial charge is 0.228 e. The van der Waals surface area contributed by atoms with Crippen LogP contribution in [0.2, 0.25) is 0 Å². The van der Waals surface area contributed by atoms with Gasteiger partial charge in [-0.15, -0.1) is 0 Å². The van der Waals surface area contributed by atoms with Crippen LogP contribution in [0, 0.1) is 17.8 Å². The monoisotopic (exact) mass is 461 g/mol. The van der Waals surface area contributed by atoms with Crippen molar-refractivity contribution in [2.75, 3.05) is 44.2 Å². The molecule has 6 heteroatoms. The van der Waals surface area contributed by atoms with Gasteiger partial charge in [-0.1, -0.05) is 28.9 Å². The molecule has 0 saturated carbocycles. The minimum Gasteiger partial charge on any atom is -0.342 e. The topological polar surface area (TPSA) is 43.9 Å². The van der Waals surface area contributed by atoms with Gasteiger partial charge in [0.25, 0.3) is 0 Å². The standard InChI is InChI=1S/C23H32BrN3O2/c1-17-7-10-25(11-8-17)14-18-4-3-9-26(15-18)23(29)19-12-22(28)27(16-19)21-6-2-5-20(24)13-21/h2,5-6,13,17-19H,3-4,7-12,14-16H2,1H3. The minimum absolute atomic E-state index is 0.0532. The summed E-state index contributed by atoms with van der Waals surface area (Å²) >= 11 is 3.47. The van der Waals surface area contributed by atoms with Gasteiger partial charge in [0.2, 0.25) is 11.8 Å². The van der Waals surface area contributed by atoms with E-state index in [4.69, 9.17) is 0 Å². The van der Waals surface area contributed by atoms with Gasteiger partial charge in [-0.25, -0.2) is 0 Å². The lowest BCUT2D eigenvalue weighted by Crippen LogP contribution is -2.47. The molecular formula is C23H32BrN3O2. The van der Waals surface area contributed by atoms with Crippen molar-refractivity contribution in [2.24, 2.45) is 17.8 Å². The van der Waals surface area contributed by atoms with E-state index in [1.54, 1.807) is 4.90 Å². The number of benzene rings is 1. The number of piperidine rings is 2. The van der Waals surface area contributed by atoms with Crippen LogP contribution in [0.3, 0.4) is 0 Å². The Hall–Kier alpha value is -1.40. The van der Waals surface area contributed by atoms with Crippen LogP contribution in [0.1, 0.15) is 39.0 Å². The Kier molecular flexibility index (Phi) is 6.60. The predicted molar refractivity (Wildman–Crippen MR) is 119 cm³/mol. The summed E-state index contributed by atoms with van der Waals surface area (Å²) in [6, 6.07) is 7.76. The number of amides is 2. The van der Waals surface area contributed by atoms with E-state index in [0.29, 0.717) is 18.9 Å². The molecule has 3 fully saturated rings. The van der Waals surface area contributed by atoms with Crippen LogP contribution < -0.4 is 4.90 Å². The number of nitrogens with zero attached hydrogens (tertiary/aromatic N) is 3. The van der Waals surface area contributed by atoms with Gasteiger partial charge in [-0.2, -0.15) is 0 Å². The van der Waals surface area contributed by atoms with E-state index in [9.17, 15) is 9.59 Å². The Labute approximate surface area is 182 Å². The van der Waals surface area contributed by atoms with Gasteiger partial charge in [0.1, 0.15) is 0 Å². The largest absolute Gasteiger partial charge is 0.342 e. The maximum absolute atomic E-state index is 13.2. The van der Waals surface area contributed by atoms with Gasteiger partial charge in [-0.05, 0) is 68.8 Å². The molecule has 29 heavy (non-hydrogen) atoms. The Morgan fingerprint density at radius 3 is 2.69 bits per heavy atom. The van der Waals surface area contributed by atoms with E-state index < -0.39 is 0 Å². The highest BCUT2D eigenvalue weighted by molar-refractivity contribution is 9.10. The molecule has 2 amide bonds. The fourth-order valence-electron chi connectivity index (χ4n) is 5.05. The molecular weight excluding hydrogens is 430 g/mol. The molecule has 0 N–H and O–H groups in total. The minimum atomic E-state index is -0.212. The zero-order valence-corrected chi connectivity index (χ0v) is 18.9. The summed E-state index contributed by atoms with van der Waals surface area (Å²) in [5.74, 6) is 1.43. The molecule has 3 saturated heterocycles. The number of rotatable bonds is 4. The summed E-state index contributed by atoms with van der Waals surface area (Å²) in [6.45, 7) is 8.05. The molecule has 0 aromatic heterocycles. The van der Waals surface area contributed by atoms with Crippen LogP contribution >= 0.6 is 15.9 Å². The third-order valence-corrected chi connectivity index (χ3v) is 7.31. The van der Waals surface area contributed by atoms with E-state index in [1.807, 2.05) is 29.2 Å². The van der Waals surface area contributed by atoms with Crippen LogP contribution in [-0.4, -0.2) is 60.9 Å². The highest BCUT2D eigenvalue weighted by Crippen LogP contribution is 2.30. The second-order valence-corrected chi connectivity index (χ2v) is 10.1. The summed E-state index contributed by atoms with van der Waals surface area (Å²) in [4.78, 5) is 32.2. The summed E-state index contributed by atoms with van der Waals surface area (Å²) in [7, 11) is 0. The first-order valence-electron chi connectivity index (χ1n) is 11.1. The molecule has 3 heterocycles. The lowest BCUT2D eigenvalue weighted by molar-refractivity contribution is -0.137.